The van der Waals surface area contributed by atoms with E-state index in [1.165, 1.54) is 26.5 Å². The van der Waals surface area contributed by atoms with Gasteiger partial charge in [0.1, 0.15) is 46.3 Å². The van der Waals surface area contributed by atoms with Crippen molar-refractivity contribution in [2.75, 3.05) is 27.4 Å². The number of halogens is 5. The Morgan fingerprint density at radius 3 is 2.33 bits per heavy atom. The molecule has 3 aliphatic carbocycles. The molecule has 3 heterocycles. The Balaban J connectivity index is 1.25. The van der Waals surface area contributed by atoms with Gasteiger partial charge in [-0.05, 0) is 75.3 Å². The number of pyridine rings is 1. The standard InChI is InChI=1S/C40H48F5N5O9S/c1-21-7-5-6-8-23-17-39(23,36(54)49-60(55,56)37(20-41)9-10-37)48-32(51)28-14-24(59-33-26-15-27(42)29(57-3)16-25(26)30(58-4)18-46-33)19-50(28)34(52)31(22(2)13-21)47-35(53)38(11-12-38)40(43,44)45/h6,8,15-16,18,21-24,28,31H,5,7,9-14,17,19-20H2,1-4H3,(H,47,53)(H,48,51)(H,49,54)/t21-,22-,23-,24-,28+,31+,39-/m1/s1. The number of fused-ring (bicyclic) bond motifs is 3. The molecule has 14 nitrogen and oxygen atoms in total. The van der Waals surface area contributed by atoms with Gasteiger partial charge in [0, 0.05) is 17.7 Å². The molecular formula is C40H48F5N5O9S. The van der Waals surface area contributed by atoms with Gasteiger partial charge in [0.15, 0.2) is 11.6 Å². The SMILES string of the molecule is COc1cc2c(OC)cnc(O[C@@H]3C[C@H]4C(=O)N[C@]5(C(=O)NS(=O)(=O)C6(CF)CC6)C[C@H]5C=CCC[C@@H](C)C[C@@H](C)[C@H](NC(=O)C5(C(F)(F)F)CC5)C(=O)N4C3)c2cc1F. The lowest BCUT2D eigenvalue weighted by atomic mass is 9.87. The maximum absolute atomic E-state index is 15.1. The zero-order chi connectivity index (χ0) is 43.6. The van der Waals surface area contributed by atoms with Crippen molar-refractivity contribution in [1.29, 1.82) is 0 Å². The average molecular weight is 870 g/mol. The number of nitrogens with zero attached hydrogens (tertiary/aromatic N) is 2. The molecule has 3 saturated carbocycles. The van der Waals surface area contributed by atoms with E-state index in [0.717, 1.165) is 11.0 Å². The fraction of sp³-hybridized carbons (Fsp3) is 0.625. The first-order chi connectivity index (χ1) is 28.2. The van der Waals surface area contributed by atoms with Crippen LogP contribution in [0.3, 0.4) is 0 Å². The summed E-state index contributed by atoms with van der Waals surface area (Å²) in [5.74, 6) is -6.46. The second-order valence-corrected chi connectivity index (χ2v) is 19.1. The van der Waals surface area contributed by atoms with Gasteiger partial charge in [0.05, 0.1) is 32.3 Å². The zero-order valence-corrected chi connectivity index (χ0v) is 34.3. The van der Waals surface area contributed by atoms with Gasteiger partial charge in [0.25, 0.3) is 5.91 Å². The number of allylic oxidation sites excluding steroid dienone is 1. The van der Waals surface area contributed by atoms with Crippen LogP contribution in [0.4, 0.5) is 22.0 Å². The lowest BCUT2D eigenvalue weighted by Crippen LogP contribution is -2.60. The summed E-state index contributed by atoms with van der Waals surface area (Å²) in [4.78, 5) is 62.0. The third-order valence-electron chi connectivity index (χ3n) is 12.9. The lowest BCUT2D eigenvalue weighted by molar-refractivity contribution is -0.193. The van der Waals surface area contributed by atoms with Crippen molar-refractivity contribution in [2.24, 2.45) is 23.2 Å². The number of hydrogen-bond acceptors (Lipinski definition) is 10. The second kappa shape index (κ2) is 15.6. The van der Waals surface area contributed by atoms with Crippen molar-refractivity contribution in [1.82, 2.24) is 25.2 Å². The zero-order valence-electron chi connectivity index (χ0n) is 33.5. The Labute approximate surface area is 343 Å². The molecular weight excluding hydrogens is 822 g/mol. The maximum atomic E-state index is 15.1. The first kappa shape index (κ1) is 43.3. The molecule has 5 aliphatic rings. The summed E-state index contributed by atoms with van der Waals surface area (Å²) >= 11 is 0. The van der Waals surface area contributed by atoms with Crippen molar-refractivity contribution in [3.63, 3.8) is 0 Å². The summed E-state index contributed by atoms with van der Waals surface area (Å²) < 4.78 is 115. The summed E-state index contributed by atoms with van der Waals surface area (Å²) in [6, 6.07) is -0.509. The molecule has 0 radical (unpaired) electrons. The van der Waals surface area contributed by atoms with Crippen molar-refractivity contribution in [3.05, 3.63) is 36.3 Å². The van der Waals surface area contributed by atoms with Crippen LogP contribution in [0.2, 0.25) is 0 Å². The Hall–Kier alpha value is -4.75. The third-order valence-corrected chi connectivity index (χ3v) is 15.0. The van der Waals surface area contributed by atoms with E-state index >= 15 is 4.39 Å². The van der Waals surface area contributed by atoms with Crippen LogP contribution in [-0.4, -0.2) is 104 Å². The highest BCUT2D eigenvalue weighted by molar-refractivity contribution is 7.91. The van der Waals surface area contributed by atoms with Gasteiger partial charge in [0.2, 0.25) is 33.6 Å². The molecule has 1 saturated heterocycles. The van der Waals surface area contributed by atoms with Crippen LogP contribution in [0.15, 0.2) is 30.5 Å². The van der Waals surface area contributed by atoms with Crippen LogP contribution in [-0.2, 0) is 29.2 Å². The largest absolute Gasteiger partial charge is 0.494 e. The monoisotopic (exact) mass is 869 g/mol. The number of alkyl halides is 4. The molecule has 1 aromatic heterocycles. The first-order valence-electron chi connectivity index (χ1n) is 19.9. The minimum atomic E-state index is -4.87. The molecule has 3 N–H and O–H groups in total. The van der Waals surface area contributed by atoms with E-state index in [-0.39, 0.29) is 60.9 Å². The van der Waals surface area contributed by atoms with Gasteiger partial charge < -0.3 is 29.7 Å². The van der Waals surface area contributed by atoms with E-state index in [9.17, 15) is 45.2 Å². The molecule has 2 aromatic rings. The number of nitrogens with one attached hydrogen (secondary N) is 3. The van der Waals surface area contributed by atoms with Crippen molar-refractivity contribution in [3.8, 4) is 17.4 Å². The molecule has 2 aliphatic heterocycles. The van der Waals surface area contributed by atoms with Crippen LogP contribution < -0.4 is 29.6 Å². The Morgan fingerprint density at radius 1 is 1.02 bits per heavy atom. The second-order valence-electron chi connectivity index (χ2n) is 17.0. The predicted molar refractivity (Wildman–Crippen MR) is 204 cm³/mol. The van der Waals surface area contributed by atoms with Crippen molar-refractivity contribution in [2.45, 2.75) is 106 Å². The smallest absolute Gasteiger partial charge is 0.403 e. The molecule has 60 heavy (non-hydrogen) atoms. The van der Waals surface area contributed by atoms with Crippen LogP contribution in [0.25, 0.3) is 10.8 Å². The number of amides is 4. The predicted octanol–water partition coefficient (Wildman–Crippen LogP) is 4.40. The fourth-order valence-electron chi connectivity index (χ4n) is 8.56. The number of rotatable bonds is 10. The molecule has 0 bridgehead atoms. The summed E-state index contributed by atoms with van der Waals surface area (Å²) in [5.41, 5.74) is -4.47. The normalized spacial score (nSPS) is 29.9. The van der Waals surface area contributed by atoms with Gasteiger partial charge in [-0.2, -0.15) is 13.2 Å². The number of sulfonamides is 1. The van der Waals surface area contributed by atoms with E-state index in [1.807, 2.05) is 11.6 Å². The van der Waals surface area contributed by atoms with E-state index in [0.29, 0.717) is 24.6 Å². The number of carbonyl (C=O) groups is 4. The highest BCUT2D eigenvalue weighted by Gasteiger charge is 2.69. The minimum Gasteiger partial charge on any atom is -0.494 e. The van der Waals surface area contributed by atoms with E-state index in [4.69, 9.17) is 14.2 Å². The lowest BCUT2D eigenvalue weighted by Gasteiger charge is -2.34. The third kappa shape index (κ3) is 7.72. The fourth-order valence-corrected chi connectivity index (χ4v) is 9.98. The van der Waals surface area contributed by atoms with Gasteiger partial charge in [-0.3, -0.25) is 23.9 Å². The van der Waals surface area contributed by atoms with Crippen LogP contribution in [0.5, 0.6) is 17.4 Å². The molecule has 4 amide bonds. The van der Waals surface area contributed by atoms with Crippen LogP contribution in [0, 0.1) is 29.0 Å². The van der Waals surface area contributed by atoms with Gasteiger partial charge in [-0.1, -0.05) is 26.0 Å². The molecule has 0 unspecified atom stereocenters. The van der Waals surface area contributed by atoms with Gasteiger partial charge >= 0.3 is 6.18 Å². The highest BCUT2D eigenvalue weighted by Crippen LogP contribution is 2.58. The highest BCUT2D eigenvalue weighted by atomic mass is 32.2. The molecule has 7 rings (SSSR count). The minimum absolute atomic E-state index is 0.00622. The van der Waals surface area contributed by atoms with E-state index in [2.05, 4.69) is 15.6 Å². The molecule has 328 valence electrons. The van der Waals surface area contributed by atoms with Gasteiger partial charge in [-0.25, -0.2) is 22.2 Å². The number of methoxy groups -OCH3 is 2. The number of benzene rings is 1. The van der Waals surface area contributed by atoms with Gasteiger partial charge in [-0.15, -0.1) is 0 Å². The van der Waals surface area contributed by atoms with E-state index < -0.39 is 111 Å². The molecule has 4 fully saturated rings. The van der Waals surface area contributed by atoms with Crippen molar-refractivity contribution >= 4 is 44.4 Å². The average Bonchev–Trinajstić information content (AvgIpc) is 4.11. The van der Waals surface area contributed by atoms with Crippen LogP contribution in [0.1, 0.15) is 71.6 Å². The molecule has 0 spiro atoms. The topological polar surface area (TPSA) is 182 Å². The Morgan fingerprint density at radius 2 is 1.72 bits per heavy atom. The number of hydrogen-bond donors (Lipinski definition) is 3. The van der Waals surface area contributed by atoms with Crippen molar-refractivity contribution < 1.29 is 63.8 Å². The Kier molecular flexibility index (Phi) is 11.3. The van der Waals surface area contributed by atoms with Crippen LogP contribution >= 0.6 is 0 Å². The Bertz CT molecular complexity index is 2220. The number of ether oxygens (including phenoxy) is 3. The summed E-state index contributed by atoms with van der Waals surface area (Å²) in [6.07, 6.45) is -1.01. The molecule has 7 atom stereocenters. The van der Waals surface area contributed by atoms with E-state index in [1.54, 1.807) is 19.1 Å². The number of carbonyl (C=O) groups excluding carboxylic acids is 4. The summed E-state index contributed by atoms with van der Waals surface area (Å²) in [5, 5.41) is 5.58. The quantitative estimate of drug-likeness (QED) is 0.229. The summed E-state index contributed by atoms with van der Waals surface area (Å²) in [7, 11) is -1.84. The summed E-state index contributed by atoms with van der Waals surface area (Å²) in [6.45, 7) is 1.95. The number of aromatic nitrogens is 1. The molecule has 1 aromatic carbocycles. The maximum Gasteiger partial charge on any atom is 0.403 e. The molecule has 20 heteroatoms. The first-order valence-corrected chi connectivity index (χ1v) is 21.4.